The molecule has 0 aliphatic rings. The summed E-state index contributed by atoms with van der Waals surface area (Å²) in [4.78, 5) is 4.47. The zero-order chi connectivity index (χ0) is 9.35. The molecule has 0 aliphatic heterocycles. The van der Waals surface area contributed by atoms with Gasteiger partial charge < -0.3 is 10.2 Å². The van der Waals surface area contributed by atoms with Crippen LogP contribution in [0, 0.1) is 12.8 Å². The molecule has 4 heteroatoms. The van der Waals surface area contributed by atoms with Crippen LogP contribution in [0.2, 0.25) is 0 Å². The van der Waals surface area contributed by atoms with Crippen LogP contribution in [0.25, 0.3) is 0 Å². The third-order valence-corrected chi connectivity index (χ3v) is 2.82. The summed E-state index contributed by atoms with van der Waals surface area (Å²) in [5.41, 5.74) is 0. The quantitative estimate of drug-likeness (QED) is 0.685. The van der Waals surface area contributed by atoms with Crippen molar-refractivity contribution >= 4 is 11.3 Å². The van der Waals surface area contributed by atoms with Gasteiger partial charge in [-0.2, -0.15) is 0 Å². The second-order valence-electron chi connectivity index (χ2n) is 3.12. The maximum atomic E-state index is 9.60. The van der Waals surface area contributed by atoms with E-state index in [-0.39, 0.29) is 5.92 Å². The fraction of sp³-hybridized carbons (Fsp3) is 0.625. The topological polar surface area (TPSA) is 53.4 Å². The molecule has 1 aromatic rings. The summed E-state index contributed by atoms with van der Waals surface area (Å²) in [7, 11) is 0. The van der Waals surface area contributed by atoms with Crippen LogP contribution in [0.5, 0.6) is 0 Å². The molecule has 0 spiro atoms. The van der Waals surface area contributed by atoms with E-state index in [1.165, 1.54) is 17.5 Å². The Balaban J connectivity index is 2.97. The lowest BCUT2D eigenvalue weighted by Gasteiger charge is -2.23. The first-order chi connectivity index (χ1) is 5.44. The number of hydrogen-bond donors (Lipinski definition) is 2. The lowest BCUT2D eigenvalue weighted by molar-refractivity contribution is -0.198. The SMILES string of the molecule is Cc1ncc(C(O)(O)C(C)C)s1. The van der Waals surface area contributed by atoms with Gasteiger partial charge in [-0.15, -0.1) is 11.3 Å². The molecule has 1 rings (SSSR count). The highest BCUT2D eigenvalue weighted by atomic mass is 32.1. The summed E-state index contributed by atoms with van der Waals surface area (Å²) in [6.45, 7) is 5.36. The van der Waals surface area contributed by atoms with E-state index in [9.17, 15) is 10.2 Å². The molecule has 0 unspecified atom stereocenters. The molecule has 12 heavy (non-hydrogen) atoms. The molecule has 0 radical (unpaired) electrons. The van der Waals surface area contributed by atoms with Crippen LogP contribution in [0.15, 0.2) is 6.20 Å². The lowest BCUT2D eigenvalue weighted by atomic mass is 10.0. The van der Waals surface area contributed by atoms with Crippen molar-refractivity contribution in [3.8, 4) is 0 Å². The van der Waals surface area contributed by atoms with Crippen molar-refractivity contribution in [1.82, 2.24) is 4.98 Å². The highest BCUT2D eigenvalue weighted by Crippen LogP contribution is 2.30. The summed E-state index contributed by atoms with van der Waals surface area (Å²) >= 11 is 1.31. The van der Waals surface area contributed by atoms with E-state index in [2.05, 4.69) is 4.98 Å². The van der Waals surface area contributed by atoms with E-state index in [4.69, 9.17) is 0 Å². The molecule has 68 valence electrons. The van der Waals surface area contributed by atoms with E-state index in [0.717, 1.165) is 5.01 Å². The van der Waals surface area contributed by atoms with Crippen LogP contribution in [-0.2, 0) is 5.79 Å². The van der Waals surface area contributed by atoms with Crippen molar-refractivity contribution in [1.29, 1.82) is 0 Å². The predicted octanol–water partition coefficient (Wildman–Crippen LogP) is 1.24. The number of rotatable bonds is 2. The van der Waals surface area contributed by atoms with Gasteiger partial charge >= 0.3 is 0 Å². The molecule has 0 atom stereocenters. The summed E-state index contributed by atoms with van der Waals surface area (Å²) in [5.74, 6) is -1.95. The van der Waals surface area contributed by atoms with Gasteiger partial charge in [0.05, 0.1) is 9.88 Å². The maximum absolute atomic E-state index is 9.60. The van der Waals surface area contributed by atoms with E-state index in [1.54, 1.807) is 13.8 Å². The first-order valence-electron chi connectivity index (χ1n) is 3.82. The lowest BCUT2D eigenvalue weighted by Crippen LogP contribution is -2.30. The van der Waals surface area contributed by atoms with Crippen LogP contribution >= 0.6 is 11.3 Å². The van der Waals surface area contributed by atoms with Crippen molar-refractivity contribution in [2.45, 2.75) is 26.6 Å². The second-order valence-corrected chi connectivity index (χ2v) is 4.36. The van der Waals surface area contributed by atoms with Crippen molar-refractivity contribution in [3.63, 3.8) is 0 Å². The summed E-state index contributed by atoms with van der Waals surface area (Å²) in [5, 5.41) is 20.1. The van der Waals surface area contributed by atoms with Crippen LogP contribution in [0.4, 0.5) is 0 Å². The molecule has 0 saturated carbocycles. The predicted molar refractivity (Wildman–Crippen MR) is 47.8 cm³/mol. The Morgan fingerprint density at radius 1 is 1.50 bits per heavy atom. The molecular formula is C8H13NO2S. The fourth-order valence-electron chi connectivity index (χ4n) is 0.816. The summed E-state index contributed by atoms with van der Waals surface area (Å²) in [6, 6.07) is 0. The summed E-state index contributed by atoms with van der Waals surface area (Å²) < 4.78 is 0. The largest absolute Gasteiger partial charge is 0.361 e. The molecule has 3 nitrogen and oxygen atoms in total. The third-order valence-electron chi connectivity index (χ3n) is 1.79. The number of hydrogen-bond acceptors (Lipinski definition) is 4. The third kappa shape index (κ3) is 1.65. The minimum atomic E-state index is -1.73. The maximum Gasteiger partial charge on any atom is 0.203 e. The number of aromatic nitrogens is 1. The van der Waals surface area contributed by atoms with Crippen molar-refractivity contribution < 1.29 is 10.2 Å². The number of nitrogens with zero attached hydrogens (tertiary/aromatic N) is 1. The van der Waals surface area contributed by atoms with Crippen LogP contribution in [-0.4, -0.2) is 15.2 Å². The Morgan fingerprint density at radius 3 is 2.42 bits per heavy atom. The van der Waals surface area contributed by atoms with Crippen LogP contribution < -0.4 is 0 Å². The van der Waals surface area contributed by atoms with Gasteiger partial charge in [0.2, 0.25) is 5.79 Å². The monoisotopic (exact) mass is 187 g/mol. The van der Waals surface area contributed by atoms with E-state index in [1.807, 2.05) is 6.92 Å². The summed E-state index contributed by atoms with van der Waals surface area (Å²) in [6.07, 6.45) is 1.51. The Kier molecular flexibility index (Phi) is 2.51. The number of aryl methyl sites for hydroxylation is 1. The second kappa shape index (κ2) is 3.12. The van der Waals surface area contributed by atoms with Crippen molar-refractivity contribution in [2.24, 2.45) is 5.92 Å². The molecule has 0 aliphatic carbocycles. The molecule has 0 fully saturated rings. The minimum absolute atomic E-state index is 0.225. The van der Waals surface area contributed by atoms with E-state index in [0.29, 0.717) is 4.88 Å². The average molecular weight is 187 g/mol. The highest BCUT2D eigenvalue weighted by Gasteiger charge is 2.31. The normalized spacial score (nSPS) is 12.5. The number of aliphatic hydroxyl groups is 2. The number of thiazole rings is 1. The van der Waals surface area contributed by atoms with Gasteiger partial charge in [0.1, 0.15) is 0 Å². The molecule has 0 amide bonds. The Hall–Kier alpha value is -0.450. The van der Waals surface area contributed by atoms with E-state index < -0.39 is 5.79 Å². The molecule has 0 aromatic carbocycles. The van der Waals surface area contributed by atoms with Gasteiger partial charge in [-0.25, -0.2) is 4.98 Å². The van der Waals surface area contributed by atoms with Gasteiger partial charge in [-0.3, -0.25) is 0 Å². The van der Waals surface area contributed by atoms with Crippen molar-refractivity contribution in [2.75, 3.05) is 0 Å². The Labute approximate surface area is 75.7 Å². The fourth-order valence-corrected chi connectivity index (χ4v) is 1.73. The smallest absolute Gasteiger partial charge is 0.203 e. The van der Waals surface area contributed by atoms with Gasteiger partial charge in [-0.1, -0.05) is 13.8 Å². The first kappa shape index (κ1) is 9.64. The Morgan fingerprint density at radius 2 is 2.08 bits per heavy atom. The first-order valence-corrected chi connectivity index (χ1v) is 4.64. The average Bonchev–Trinajstić information content (AvgIpc) is 2.35. The van der Waals surface area contributed by atoms with Gasteiger partial charge in [0, 0.05) is 12.1 Å². The highest BCUT2D eigenvalue weighted by molar-refractivity contribution is 7.11. The molecule has 1 aromatic heterocycles. The molecule has 0 bridgehead atoms. The zero-order valence-electron chi connectivity index (χ0n) is 7.40. The zero-order valence-corrected chi connectivity index (χ0v) is 8.22. The van der Waals surface area contributed by atoms with Crippen LogP contribution in [0.3, 0.4) is 0 Å². The van der Waals surface area contributed by atoms with Gasteiger partial charge in [0.25, 0.3) is 0 Å². The standard InChI is InChI=1S/C8H13NO2S/c1-5(2)8(10,11)7-4-9-6(3)12-7/h4-5,10-11H,1-3H3. The molecule has 0 saturated heterocycles. The minimum Gasteiger partial charge on any atom is -0.361 e. The molecule has 1 heterocycles. The Bertz CT molecular complexity index is 268. The van der Waals surface area contributed by atoms with Crippen LogP contribution in [0.1, 0.15) is 23.7 Å². The van der Waals surface area contributed by atoms with Gasteiger partial charge in [-0.05, 0) is 6.92 Å². The molecular weight excluding hydrogens is 174 g/mol. The van der Waals surface area contributed by atoms with Gasteiger partial charge in [0.15, 0.2) is 0 Å². The molecule has 2 N–H and O–H groups in total. The van der Waals surface area contributed by atoms with Crippen molar-refractivity contribution in [3.05, 3.63) is 16.1 Å². The van der Waals surface area contributed by atoms with E-state index >= 15 is 0 Å².